The van der Waals surface area contributed by atoms with Crippen LogP contribution in [0.4, 0.5) is 0 Å². The van der Waals surface area contributed by atoms with E-state index in [4.69, 9.17) is 9.72 Å². The number of amides is 1. The van der Waals surface area contributed by atoms with Crippen molar-refractivity contribution in [2.75, 3.05) is 13.2 Å². The van der Waals surface area contributed by atoms with Crippen molar-refractivity contribution in [2.45, 2.75) is 33.2 Å². The standard InChI is InChI=1S/C23H27N3O2/c1-3-7-23(27)24-15-14-22-25-20-8-5-6-9-21(20)26(22)16-17-28-19-12-10-18(4-2)11-13-19/h3,5-13H,4,14-17H2,1-2H3,(H,24,27)/b7-3+. The summed E-state index contributed by atoms with van der Waals surface area (Å²) in [5.41, 5.74) is 3.35. The Labute approximate surface area is 166 Å². The normalized spacial score (nSPS) is 11.2. The average molecular weight is 377 g/mol. The van der Waals surface area contributed by atoms with Crippen LogP contribution in [0.25, 0.3) is 11.0 Å². The van der Waals surface area contributed by atoms with Crippen LogP contribution in [0.2, 0.25) is 0 Å². The molecule has 0 unspecified atom stereocenters. The van der Waals surface area contributed by atoms with E-state index < -0.39 is 0 Å². The van der Waals surface area contributed by atoms with Crippen LogP contribution in [0.15, 0.2) is 60.7 Å². The summed E-state index contributed by atoms with van der Waals surface area (Å²) in [6, 6.07) is 16.3. The maximum Gasteiger partial charge on any atom is 0.243 e. The summed E-state index contributed by atoms with van der Waals surface area (Å²) in [5, 5.41) is 2.89. The fraction of sp³-hybridized carbons (Fsp3) is 0.304. The zero-order valence-corrected chi connectivity index (χ0v) is 16.5. The number of carbonyl (C=O) groups is 1. The van der Waals surface area contributed by atoms with Gasteiger partial charge in [-0.15, -0.1) is 0 Å². The summed E-state index contributed by atoms with van der Waals surface area (Å²) in [5.74, 6) is 1.75. The molecule has 0 saturated heterocycles. The first-order chi connectivity index (χ1) is 13.7. The van der Waals surface area contributed by atoms with Gasteiger partial charge in [-0.25, -0.2) is 4.98 Å². The Balaban J connectivity index is 1.66. The van der Waals surface area contributed by atoms with Crippen LogP contribution in [0.3, 0.4) is 0 Å². The van der Waals surface area contributed by atoms with Gasteiger partial charge in [0, 0.05) is 13.0 Å². The van der Waals surface area contributed by atoms with E-state index >= 15 is 0 Å². The van der Waals surface area contributed by atoms with E-state index in [0.29, 0.717) is 26.1 Å². The predicted octanol–water partition coefficient (Wildman–Crippen LogP) is 3.91. The van der Waals surface area contributed by atoms with E-state index in [1.807, 2.05) is 37.3 Å². The van der Waals surface area contributed by atoms with Crippen LogP contribution in [-0.2, 0) is 24.2 Å². The topological polar surface area (TPSA) is 56.2 Å². The molecule has 0 aliphatic heterocycles. The molecule has 0 atom stereocenters. The SMILES string of the molecule is C/C=C/C(=O)NCCc1nc2ccccc2n1CCOc1ccc(CC)cc1. The van der Waals surface area contributed by atoms with Crippen LogP contribution >= 0.6 is 0 Å². The van der Waals surface area contributed by atoms with Crippen molar-refractivity contribution in [3.05, 3.63) is 72.1 Å². The van der Waals surface area contributed by atoms with Crippen LogP contribution in [0.5, 0.6) is 5.75 Å². The van der Waals surface area contributed by atoms with Crippen LogP contribution in [0.1, 0.15) is 25.2 Å². The lowest BCUT2D eigenvalue weighted by Gasteiger charge is -2.11. The highest BCUT2D eigenvalue weighted by atomic mass is 16.5. The Morgan fingerprint density at radius 2 is 1.96 bits per heavy atom. The summed E-state index contributed by atoms with van der Waals surface area (Å²) in [7, 11) is 0. The van der Waals surface area contributed by atoms with Gasteiger partial charge in [0.1, 0.15) is 18.2 Å². The van der Waals surface area contributed by atoms with Gasteiger partial charge in [-0.1, -0.05) is 37.3 Å². The smallest absolute Gasteiger partial charge is 0.243 e. The van der Waals surface area contributed by atoms with Crippen molar-refractivity contribution in [3.63, 3.8) is 0 Å². The Morgan fingerprint density at radius 3 is 2.71 bits per heavy atom. The summed E-state index contributed by atoms with van der Waals surface area (Å²) in [6.07, 6.45) is 4.95. The van der Waals surface area contributed by atoms with E-state index in [0.717, 1.165) is 29.0 Å². The number of ether oxygens (including phenoxy) is 1. The van der Waals surface area contributed by atoms with Gasteiger partial charge >= 0.3 is 0 Å². The molecule has 0 aliphatic rings. The van der Waals surface area contributed by atoms with Crippen molar-refractivity contribution in [1.29, 1.82) is 0 Å². The maximum atomic E-state index is 11.6. The van der Waals surface area contributed by atoms with Gasteiger partial charge in [-0.3, -0.25) is 4.79 Å². The Bertz CT molecular complexity index is 942. The molecule has 0 spiro atoms. The molecule has 1 amide bonds. The lowest BCUT2D eigenvalue weighted by molar-refractivity contribution is -0.116. The summed E-state index contributed by atoms with van der Waals surface area (Å²) in [6.45, 7) is 5.78. The zero-order chi connectivity index (χ0) is 19.8. The van der Waals surface area contributed by atoms with Gasteiger partial charge in [0.05, 0.1) is 17.6 Å². The lowest BCUT2D eigenvalue weighted by Crippen LogP contribution is -2.24. The highest BCUT2D eigenvalue weighted by Gasteiger charge is 2.10. The van der Waals surface area contributed by atoms with Gasteiger partial charge in [0.15, 0.2) is 0 Å². The third-order valence-corrected chi connectivity index (χ3v) is 4.61. The first-order valence-electron chi connectivity index (χ1n) is 9.77. The van der Waals surface area contributed by atoms with Crippen molar-refractivity contribution in [3.8, 4) is 5.75 Å². The number of allylic oxidation sites excluding steroid dienone is 1. The molecule has 1 aromatic heterocycles. The Morgan fingerprint density at radius 1 is 1.18 bits per heavy atom. The zero-order valence-electron chi connectivity index (χ0n) is 16.5. The number of fused-ring (bicyclic) bond motifs is 1. The summed E-state index contributed by atoms with van der Waals surface area (Å²) in [4.78, 5) is 16.4. The molecule has 0 radical (unpaired) electrons. The van der Waals surface area contributed by atoms with Crippen molar-refractivity contribution >= 4 is 16.9 Å². The largest absolute Gasteiger partial charge is 0.492 e. The third-order valence-electron chi connectivity index (χ3n) is 4.61. The highest BCUT2D eigenvalue weighted by molar-refractivity contribution is 5.87. The van der Waals surface area contributed by atoms with Crippen LogP contribution in [0, 0.1) is 0 Å². The first-order valence-corrected chi connectivity index (χ1v) is 9.77. The monoisotopic (exact) mass is 377 g/mol. The average Bonchev–Trinajstić information content (AvgIpc) is 3.06. The molecular formula is C23H27N3O2. The van der Waals surface area contributed by atoms with Crippen LogP contribution < -0.4 is 10.1 Å². The second kappa shape index (κ2) is 9.74. The minimum atomic E-state index is -0.0796. The molecule has 1 N–H and O–H groups in total. The molecular weight excluding hydrogens is 350 g/mol. The molecule has 3 aromatic rings. The van der Waals surface area contributed by atoms with E-state index in [1.165, 1.54) is 11.6 Å². The molecule has 0 aliphatic carbocycles. The molecule has 5 heteroatoms. The fourth-order valence-electron chi connectivity index (χ4n) is 3.15. The molecule has 0 saturated carbocycles. The molecule has 0 fully saturated rings. The van der Waals surface area contributed by atoms with Gasteiger partial charge < -0.3 is 14.6 Å². The second-order valence-corrected chi connectivity index (χ2v) is 6.56. The van der Waals surface area contributed by atoms with Crippen molar-refractivity contribution in [1.82, 2.24) is 14.9 Å². The molecule has 5 nitrogen and oxygen atoms in total. The summed E-state index contributed by atoms with van der Waals surface area (Å²) >= 11 is 0. The molecule has 0 bridgehead atoms. The van der Waals surface area contributed by atoms with Crippen molar-refractivity contribution < 1.29 is 9.53 Å². The minimum absolute atomic E-state index is 0.0796. The number of nitrogens with zero attached hydrogens (tertiary/aromatic N) is 2. The number of imidazole rings is 1. The highest BCUT2D eigenvalue weighted by Crippen LogP contribution is 2.17. The third kappa shape index (κ3) is 5.00. The van der Waals surface area contributed by atoms with Crippen molar-refractivity contribution in [2.24, 2.45) is 0 Å². The van der Waals surface area contributed by atoms with Crippen LogP contribution in [-0.4, -0.2) is 28.6 Å². The maximum absolute atomic E-state index is 11.6. The Hall–Kier alpha value is -3.08. The Kier molecular flexibility index (Phi) is 6.84. The molecule has 1 heterocycles. The number of rotatable bonds is 9. The quantitative estimate of drug-likeness (QED) is 0.575. The van der Waals surface area contributed by atoms with Gasteiger partial charge in [-0.2, -0.15) is 0 Å². The predicted molar refractivity (Wildman–Crippen MR) is 113 cm³/mol. The van der Waals surface area contributed by atoms with E-state index in [2.05, 4.69) is 35.0 Å². The number of hydrogen-bond donors (Lipinski definition) is 1. The second-order valence-electron chi connectivity index (χ2n) is 6.56. The summed E-state index contributed by atoms with van der Waals surface area (Å²) < 4.78 is 8.11. The molecule has 28 heavy (non-hydrogen) atoms. The van der Waals surface area contributed by atoms with Gasteiger partial charge in [0.2, 0.25) is 5.91 Å². The molecule has 2 aromatic carbocycles. The first kappa shape index (κ1) is 19.7. The molecule has 3 rings (SSSR count). The van der Waals surface area contributed by atoms with Gasteiger partial charge in [-0.05, 0) is 49.2 Å². The number of aryl methyl sites for hydroxylation is 1. The van der Waals surface area contributed by atoms with Gasteiger partial charge in [0.25, 0.3) is 0 Å². The fourth-order valence-corrected chi connectivity index (χ4v) is 3.15. The number of hydrogen-bond acceptors (Lipinski definition) is 3. The number of aromatic nitrogens is 2. The number of carbonyl (C=O) groups excluding carboxylic acids is 1. The van der Waals surface area contributed by atoms with E-state index in [9.17, 15) is 4.79 Å². The number of para-hydroxylation sites is 2. The molecule has 146 valence electrons. The lowest BCUT2D eigenvalue weighted by atomic mass is 10.2. The van der Waals surface area contributed by atoms with E-state index in [1.54, 1.807) is 6.08 Å². The number of benzene rings is 2. The number of nitrogens with one attached hydrogen (secondary N) is 1. The van der Waals surface area contributed by atoms with E-state index in [-0.39, 0.29) is 5.91 Å². The minimum Gasteiger partial charge on any atom is -0.492 e.